The van der Waals surface area contributed by atoms with Gasteiger partial charge in [0.25, 0.3) is 0 Å². The van der Waals surface area contributed by atoms with E-state index in [4.69, 9.17) is 23.1 Å². The van der Waals surface area contributed by atoms with Gasteiger partial charge in [-0.3, -0.25) is 4.79 Å². The maximum Gasteiger partial charge on any atom is 0.323 e. The number of halogens is 1. The smallest absolute Gasteiger partial charge is 0.323 e. The zero-order chi connectivity index (χ0) is 12.7. The summed E-state index contributed by atoms with van der Waals surface area (Å²) in [7, 11) is 0. The Balaban J connectivity index is 2.71. The zero-order valence-electron chi connectivity index (χ0n) is 9.40. The van der Waals surface area contributed by atoms with Crippen molar-refractivity contribution >= 4 is 23.3 Å². The highest BCUT2D eigenvalue weighted by molar-refractivity contribution is 6.30. The van der Waals surface area contributed by atoms with Crippen LogP contribution in [0.5, 0.6) is 0 Å². The van der Waals surface area contributed by atoms with E-state index in [1.807, 2.05) is 0 Å². The van der Waals surface area contributed by atoms with Crippen molar-refractivity contribution in [2.45, 2.75) is 12.8 Å². The van der Waals surface area contributed by atoms with Gasteiger partial charge in [-0.25, -0.2) is 0 Å². The summed E-state index contributed by atoms with van der Waals surface area (Å²) in [5, 5.41) is 9.48. The van der Waals surface area contributed by atoms with Crippen LogP contribution in [0.2, 0.25) is 5.02 Å². The van der Waals surface area contributed by atoms with Crippen molar-refractivity contribution in [1.29, 1.82) is 0 Å². The number of hydrogen-bond acceptors (Lipinski definition) is 2. The number of hydrogen-bond donors (Lipinski definition) is 1. The first kappa shape index (κ1) is 13.4. The van der Waals surface area contributed by atoms with Crippen molar-refractivity contribution in [2.24, 2.45) is 0 Å². The fourth-order valence-electron chi connectivity index (χ4n) is 1.49. The molecule has 0 unspecified atom stereocenters. The van der Waals surface area contributed by atoms with E-state index in [2.05, 4.69) is 5.92 Å². The van der Waals surface area contributed by atoms with Crippen molar-refractivity contribution in [3.05, 3.63) is 29.3 Å². The van der Waals surface area contributed by atoms with E-state index in [0.717, 1.165) is 12.1 Å². The summed E-state index contributed by atoms with van der Waals surface area (Å²) < 4.78 is 0. The Hall–Kier alpha value is -1.66. The third kappa shape index (κ3) is 4.80. The van der Waals surface area contributed by atoms with Crippen LogP contribution in [-0.2, 0) is 4.79 Å². The van der Waals surface area contributed by atoms with Gasteiger partial charge in [0, 0.05) is 23.7 Å². The SMILES string of the molecule is C#CCCCN(CC(=O)O)c1ccc(Cl)cc1. The Morgan fingerprint density at radius 2 is 2.06 bits per heavy atom. The molecule has 3 nitrogen and oxygen atoms in total. The average Bonchev–Trinajstić information content (AvgIpc) is 2.28. The van der Waals surface area contributed by atoms with Gasteiger partial charge in [-0.1, -0.05) is 11.6 Å². The molecular weight excluding hydrogens is 238 g/mol. The lowest BCUT2D eigenvalue weighted by Crippen LogP contribution is -2.30. The molecule has 0 aromatic heterocycles. The van der Waals surface area contributed by atoms with E-state index in [0.29, 0.717) is 18.0 Å². The van der Waals surface area contributed by atoms with Crippen molar-refractivity contribution < 1.29 is 9.90 Å². The molecule has 1 rings (SSSR count). The average molecular weight is 252 g/mol. The van der Waals surface area contributed by atoms with Crippen LogP contribution in [0.4, 0.5) is 5.69 Å². The van der Waals surface area contributed by atoms with E-state index < -0.39 is 5.97 Å². The Morgan fingerprint density at radius 1 is 1.41 bits per heavy atom. The van der Waals surface area contributed by atoms with Gasteiger partial charge in [0.1, 0.15) is 6.54 Å². The number of terminal acetylenes is 1. The second-order valence-corrected chi connectivity index (χ2v) is 4.04. The molecule has 0 saturated heterocycles. The van der Waals surface area contributed by atoms with Crippen LogP contribution in [0.3, 0.4) is 0 Å². The van der Waals surface area contributed by atoms with Crippen LogP contribution < -0.4 is 4.90 Å². The molecule has 1 N–H and O–H groups in total. The highest BCUT2D eigenvalue weighted by Crippen LogP contribution is 2.18. The predicted molar refractivity (Wildman–Crippen MR) is 69.4 cm³/mol. The predicted octanol–water partition coefficient (Wildman–Crippen LogP) is 2.64. The standard InChI is InChI=1S/C13H14ClNO2/c1-2-3-4-9-15(10-13(16)17)12-7-5-11(14)6-8-12/h1,5-8H,3-4,9-10H2,(H,16,17). The number of carboxylic acid groups (broad SMARTS) is 1. The van der Waals surface area contributed by atoms with Crippen LogP contribution in [0.1, 0.15) is 12.8 Å². The number of nitrogens with zero attached hydrogens (tertiary/aromatic N) is 1. The molecule has 0 saturated carbocycles. The zero-order valence-corrected chi connectivity index (χ0v) is 10.2. The summed E-state index contributed by atoms with van der Waals surface area (Å²) in [6, 6.07) is 7.10. The molecule has 0 bridgehead atoms. The third-order valence-electron chi connectivity index (χ3n) is 2.27. The van der Waals surface area contributed by atoms with Crippen molar-refractivity contribution in [1.82, 2.24) is 0 Å². The molecule has 4 heteroatoms. The molecule has 0 radical (unpaired) electrons. The molecule has 0 heterocycles. The highest BCUT2D eigenvalue weighted by atomic mass is 35.5. The minimum Gasteiger partial charge on any atom is -0.480 e. The monoisotopic (exact) mass is 251 g/mol. The van der Waals surface area contributed by atoms with E-state index in [1.165, 1.54) is 0 Å². The molecule has 0 aliphatic rings. The van der Waals surface area contributed by atoms with Crippen molar-refractivity contribution in [3.8, 4) is 12.3 Å². The first-order valence-corrected chi connectivity index (χ1v) is 5.67. The number of anilines is 1. The van der Waals surface area contributed by atoms with E-state index in [-0.39, 0.29) is 6.54 Å². The van der Waals surface area contributed by atoms with Gasteiger partial charge < -0.3 is 10.0 Å². The molecule has 90 valence electrons. The fraction of sp³-hybridized carbons (Fsp3) is 0.308. The molecule has 0 aliphatic heterocycles. The summed E-state index contributed by atoms with van der Waals surface area (Å²) in [5.74, 6) is 1.68. The quantitative estimate of drug-likeness (QED) is 0.624. The van der Waals surface area contributed by atoms with Gasteiger partial charge in [-0.05, 0) is 30.7 Å². The van der Waals surface area contributed by atoms with Gasteiger partial charge in [0.05, 0.1) is 0 Å². The summed E-state index contributed by atoms with van der Waals surface area (Å²) in [5.41, 5.74) is 0.842. The maximum absolute atomic E-state index is 10.8. The van der Waals surface area contributed by atoms with Gasteiger partial charge >= 0.3 is 5.97 Å². The van der Waals surface area contributed by atoms with Gasteiger partial charge in [-0.2, -0.15) is 0 Å². The molecule has 0 atom stereocenters. The van der Waals surface area contributed by atoms with Crippen LogP contribution in [0, 0.1) is 12.3 Å². The molecule has 0 spiro atoms. The van der Waals surface area contributed by atoms with Crippen LogP contribution in [0.15, 0.2) is 24.3 Å². The third-order valence-corrected chi connectivity index (χ3v) is 2.52. The topological polar surface area (TPSA) is 40.5 Å². The number of unbranched alkanes of at least 4 members (excludes halogenated alkanes) is 1. The fourth-order valence-corrected chi connectivity index (χ4v) is 1.61. The van der Waals surface area contributed by atoms with Crippen LogP contribution >= 0.6 is 11.6 Å². The molecule has 0 amide bonds. The minimum atomic E-state index is -0.861. The lowest BCUT2D eigenvalue weighted by molar-refractivity contribution is -0.135. The Labute approximate surface area is 106 Å². The Morgan fingerprint density at radius 3 is 2.59 bits per heavy atom. The molecular formula is C13H14ClNO2. The van der Waals surface area contributed by atoms with Crippen molar-refractivity contribution in [3.63, 3.8) is 0 Å². The maximum atomic E-state index is 10.8. The summed E-state index contributed by atoms with van der Waals surface area (Å²) >= 11 is 5.79. The molecule has 0 aliphatic carbocycles. The number of rotatable bonds is 6. The van der Waals surface area contributed by atoms with E-state index in [1.54, 1.807) is 29.2 Å². The Bertz CT molecular complexity index is 408. The lowest BCUT2D eigenvalue weighted by atomic mass is 10.2. The first-order chi connectivity index (χ1) is 8.13. The van der Waals surface area contributed by atoms with E-state index >= 15 is 0 Å². The summed E-state index contributed by atoms with van der Waals surface area (Å²) in [6.07, 6.45) is 6.59. The van der Waals surface area contributed by atoms with Gasteiger partial charge in [-0.15, -0.1) is 12.3 Å². The van der Waals surface area contributed by atoms with Gasteiger partial charge in [0.2, 0.25) is 0 Å². The number of aliphatic carboxylic acids is 1. The van der Waals surface area contributed by atoms with E-state index in [9.17, 15) is 4.79 Å². The summed E-state index contributed by atoms with van der Waals surface area (Å²) in [6.45, 7) is 0.588. The number of benzene rings is 1. The molecule has 17 heavy (non-hydrogen) atoms. The Kier molecular flexibility index (Phi) is 5.38. The number of carbonyl (C=O) groups is 1. The lowest BCUT2D eigenvalue weighted by Gasteiger charge is -2.22. The van der Waals surface area contributed by atoms with Gasteiger partial charge in [0.15, 0.2) is 0 Å². The normalized spacial score (nSPS) is 9.65. The summed E-state index contributed by atoms with van der Waals surface area (Å²) in [4.78, 5) is 12.5. The molecule has 0 fully saturated rings. The molecule has 1 aromatic carbocycles. The molecule has 1 aromatic rings. The van der Waals surface area contributed by atoms with Crippen LogP contribution in [-0.4, -0.2) is 24.2 Å². The number of carboxylic acids is 1. The largest absolute Gasteiger partial charge is 0.480 e. The van der Waals surface area contributed by atoms with Crippen molar-refractivity contribution in [2.75, 3.05) is 18.0 Å². The highest BCUT2D eigenvalue weighted by Gasteiger charge is 2.09. The second-order valence-electron chi connectivity index (χ2n) is 3.60. The first-order valence-electron chi connectivity index (χ1n) is 5.29. The minimum absolute atomic E-state index is 0.0355. The second kappa shape index (κ2) is 6.82. The van der Waals surface area contributed by atoms with Crippen LogP contribution in [0.25, 0.3) is 0 Å².